The maximum atomic E-state index is 6.05. The number of thioether (sulfide) groups is 1. The second kappa shape index (κ2) is 4.63. The molecule has 0 saturated heterocycles. The van der Waals surface area contributed by atoms with Crippen molar-refractivity contribution >= 4 is 23.4 Å². The van der Waals surface area contributed by atoms with Crippen molar-refractivity contribution < 1.29 is 0 Å². The number of benzene rings is 1. The molecule has 1 aliphatic rings. The van der Waals surface area contributed by atoms with E-state index in [0.717, 1.165) is 10.8 Å². The second-order valence-corrected chi connectivity index (χ2v) is 5.65. The van der Waals surface area contributed by atoms with Crippen molar-refractivity contribution in [3.63, 3.8) is 0 Å². The van der Waals surface area contributed by atoms with Crippen LogP contribution in [0, 0.1) is 0 Å². The van der Waals surface area contributed by atoms with Gasteiger partial charge in [-0.2, -0.15) is 0 Å². The van der Waals surface area contributed by atoms with Crippen LogP contribution in [0.25, 0.3) is 0 Å². The minimum absolute atomic E-state index is 0.180. The molecule has 0 fully saturated rings. The van der Waals surface area contributed by atoms with Crippen LogP contribution in [0.5, 0.6) is 0 Å². The molecule has 0 spiro atoms. The Labute approximate surface area is 101 Å². The van der Waals surface area contributed by atoms with Gasteiger partial charge in [-0.3, -0.25) is 0 Å². The van der Waals surface area contributed by atoms with Crippen LogP contribution in [-0.2, 0) is 4.75 Å². The van der Waals surface area contributed by atoms with Gasteiger partial charge in [-0.25, -0.2) is 0 Å². The molecule has 1 aliphatic heterocycles. The third-order valence-electron chi connectivity index (χ3n) is 2.76. The van der Waals surface area contributed by atoms with E-state index in [1.165, 1.54) is 18.4 Å². The fourth-order valence-electron chi connectivity index (χ4n) is 2.09. The third-order valence-corrected chi connectivity index (χ3v) is 4.44. The van der Waals surface area contributed by atoms with Crippen molar-refractivity contribution in [2.24, 2.45) is 0 Å². The summed E-state index contributed by atoms with van der Waals surface area (Å²) in [5.74, 6) is 1.12. The second-order valence-electron chi connectivity index (χ2n) is 3.86. The summed E-state index contributed by atoms with van der Waals surface area (Å²) >= 11 is 8.06. The normalized spacial score (nSPS) is 24.7. The van der Waals surface area contributed by atoms with E-state index in [4.69, 9.17) is 11.6 Å². The highest BCUT2D eigenvalue weighted by atomic mass is 35.5. The summed E-state index contributed by atoms with van der Waals surface area (Å²) < 4.78 is 0.180. The van der Waals surface area contributed by atoms with E-state index in [2.05, 4.69) is 31.2 Å². The van der Waals surface area contributed by atoms with Crippen LogP contribution >= 0.6 is 23.4 Å². The van der Waals surface area contributed by atoms with Crippen LogP contribution in [0.2, 0.25) is 5.02 Å². The van der Waals surface area contributed by atoms with E-state index >= 15 is 0 Å². The van der Waals surface area contributed by atoms with Crippen LogP contribution in [0.4, 0.5) is 0 Å². The van der Waals surface area contributed by atoms with Crippen molar-refractivity contribution in [1.29, 1.82) is 0 Å². The molecule has 0 bridgehead atoms. The van der Waals surface area contributed by atoms with E-state index in [-0.39, 0.29) is 4.75 Å². The molecular formula is C13H15ClS. The monoisotopic (exact) mass is 238 g/mol. The van der Waals surface area contributed by atoms with Crippen LogP contribution < -0.4 is 0 Å². The first-order valence-corrected chi connectivity index (χ1v) is 6.71. The van der Waals surface area contributed by atoms with Gasteiger partial charge in [-0.1, -0.05) is 49.2 Å². The zero-order valence-electron chi connectivity index (χ0n) is 8.87. The minimum atomic E-state index is 0.180. The van der Waals surface area contributed by atoms with Crippen molar-refractivity contribution in [2.45, 2.75) is 24.5 Å². The Morgan fingerprint density at radius 2 is 2.33 bits per heavy atom. The lowest BCUT2D eigenvalue weighted by Gasteiger charge is -2.27. The highest BCUT2D eigenvalue weighted by molar-refractivity contribution is 8.00. The lowest BCUT2D eigenvalue weighted by atomic mass is 9.93. The van der Waals surface area contributed by atoms with Gasteiger partial charge < -0.3 is 0 Å². The van der Waals surface area contributed by atoms with Crippen molar-refractivity contribution in [1.82, 2.24) is 0 Å². The van der Waals surface area contributed by atoms with E-state index in [9.17, 15) is 0 Å². The number of rotatable bonds is 3. The summed E-state index contributed by atoms with van der Waals surface area (Å²) in [4.78, 5) is 0. The molecule has 2 heteroatoms. The van der Waals surface area contributed by atoms with Crippen LogP contribution in [-0.4, -0.2) is 5.75 Å². The molecule has 0 N–H and O–H groups in total. The maximum Gasteiger partial charge on any atom is 0.0591 e. The fourth-order valence-corrected chi connectivity index (χ4v) is 3.60. The number of hydrogen-bond acceptors (Lipinski definition) is 1. The summed E-state index contributed by atoms with van der Waals surface area (Å²) in [6.07, 6.45) is 6.99. The van der Waals surface area contributed by atoms with E-state index in [1.54, 1.807) is 0 Å². The molecule has 2 rings (SSSR count). The van der Waals surface area contributed by atoms with Gasteiger partial charge in [0.15, 0.2) is 0 Å². The molecule has 0 radical (unpaired) electrons. The first-order chi connectivity index (χ1) is 7.27. The Morgan fingerprint density at radius 1 is 1.47 bits per heavy atom. The van der Waals surface area contributed by atoms with Crippen LogP contribution in [0.15, 0.2) is 36.4 Å². The van der Waals surface area contributed by atoms with Crippen LogP contribution in [0.1, 0.15) is 25.3 Å². The fraction of sp³-hybridized carbons (Fsp3) is 0.385. The summed E-state index contributed by atoms with van der Waals surface area (Å²) in [7, 11) is 0. The molecule has 80 valence electrons. The van der Waals surface area contributed by atoms with Crippen LogP contribution in [0.3, 0.4) is 0 Å². The van der Waals surface area contributed by atoms with Gasteiger partial charge in [0, 0.05) is 10.8 Å². The zero-order chi connectivity index (χ0) is 10.7. The number of halogens is 1. The highest BCUT2D eigenvalue weighted by Gasteiger charge is 2.31. The quantitative estimate of drug-likeness (QED) is 0.692. The smallest absolute Gasteiger partial charge is 0.0591 e. The molecule has 0 aromatic heterocycles. The van der Waals surface area contributed by atoms with Gasteiger partial charge >= 0.3 is 0 Å². The van der Waals surface area contributed by atoms with Gasteiger partial charge in [0.1, 0.15) is 0 Å². The summed E-state index contributed by atoms with van der Waals surface area (Å²) in [6, 6.07) is 8.26. The SMILES string of the molecule is CCC[C@]1(c2cccc(Cl)c2)C=CCS1. The lowest BCUT2D eigenvalue weighted by Crippen LogP contribution is -2.16. The maximum absolute atomic E-state index is 6.05. The van der Waals surface area contributed by atoms with E-state index in [1.807, 2.05) is 23.9 Å². The molecular weight excluding hydrogens is 224 g/mol. The van der Waals surface area contributed by atoms with E-state index < -0.39 is 0 Å². The summed E-state index contributed by atoms with van der Waals surface area (Å²) in [5.41, 5.74) is 1.34. The molecule has 1 heterocycles. The van der Waals surface area contributed by atoms with Gasteiger partial charge in [-0.15, -0.1) is 11.8 Å². The van der Waals surface area contributed by atoms with Gasteiger partial charge in [-0.05, 0) is 24.1 Å². The third kappa shape index (κ3) is 2.24. The zero-order valence-corrected chi connectivity index (χ0v) is 10.4. The lowest BCUT2D eigenvalue weighted by molar-refractivity contribution is 0.671. The standard InChI is InChI=1S/C13H15ClS/c1-2-7-13(8-4-9-15-13)11-5-3-6-12(14)10-11/h3-6,8,10H,2,7,9H2,1H3/t13-/m1/s1. The van der Waals surface area contributed by atoms with Crippen molar-refractivity contribution in [2.75, 3.05) is 5.75 Å². The molecule has 0 saturated carbocycles. The predicted octanol–water partition coefficient (Wildman–Crippen LogP) is 4.64. The molecule has 1 atom stereocenters. The average molecular weight is 239 g/mol. The van der Waals surface area contributed by atoms with Gasteiger partial charge in [0.05, 0.1) is 4.75 Å². The molecule has 0 aliphatic carbocycles. The molecule has 1 aromatic rings. The summed E-state index contributed by atoms with van der Waals surface area (Å²) in [6.45, 7) is 2.24. The Balaban J connectivity index is 2.36. The van der Waals surface area contributed by atoms with E-state index in [0.29, 0.717) is 0 Å². The first-order valence-electron chi connectivity index (χ1n) is 5.34. The van der Waals surface area contributed by atoms with Crippen molar-refractivity contribution in [3.8, 4) is 0 Å². The Kier molecular flexibility index (Phi) is 3.42. The highest BCUT2D eigenvalue weighted by Crippen LogP contribution is 2.46. The van der Waals surface area contributed by atoms with Gasteiger partial charge in [0.25, 0.3) is 0 Å². The first kappa shape index (κ1) is 11.1. The minimum Gasteiger partial charge on any atom is -0.142 e. The molecule has 0 unspecified atom stereocenters. The molecule has 15 heavy (non-hydrogen) atoms. The Bertz CT molecular complexity index is 373. The average Bonchev–Trinajstić information content (AvgIpc) is 2.68. The summed E-state index contributed by atoms with van der Waals surface area (Å²) in [5, 5.41) is 0.837. The molecule has 1 aromatic carbocycles. The topological polar surface area (TPSA) is 0 Å². The Hall–Kier alpha value is -0.400. The number of hydrogen-bond donors (Lipinski definition) is 0. The predicted molar refractivity (Wildman–Crippen MR) is 69.6 cm³/mol. The Morgan fingerprint density at radius 3 is 2.93 bits per heavy atom. The molecule has 0 amide bonds. The molecule has 0 nitrogen and oxygen atoms in total. The largest absolute Gasteiger partial charge is 0.142 e. The van der Waals surface area contributed by atoms with Gasteiger partial charge in [0.2, 0.25) is 0 Å². The van der Waals surface area contributed by atoms with Crippen molar-refractivity contribution in [3.05, 3.63) is 47.0 Å².